The molecule has 3 unspecified atom stereocenters. The van der Waals surface area contributed by atoms with Crippen LogP contribution >= 0.6 is 0 Å². The van der Waals surface area contributed by atoms with Gasteiger partial charge in [-0.1, -0.05) is 27.7 Å². The van der Waals surface area contributed by atoms with Crippen LogP contribution in [0.2, 0.25) is 0 Å². The van der Waals surface area contributed by atoms with Crippen LogP contribution in [0.3, 0.4) is 0 Å². The van der Waals surface area contributed by atoms with E-state index in [2.05, 4.69) is 10.6 Å². The number of esters is 1. The molecule has 0 radical (unpaired) electrons. The predicted octanol–water partition coefficient (Wildman–Crippen LogP) is 1.93. The van der Waals surface area contributed by atoms with Crippen molar-refractivity contribution in [1.29, 1.82) is 0 Å². The molecule has 18 atom stereocenters. The van der Waals surface area contributed by atoms with E-state index in [0.717, 1.165) is 6.42 Å². The lowest BCUT2D eigenvalue weighted by Gasteiger charge is -2.53. The summed E-state index contributed by atoms with van der Waals surface area (Å²) in [4.78, 5) is 16.4. The summed E-state index contributed by atoms with van der Waals surface area (Å²) >= 11 is 0. The number of rotatable bonds is 13. The third-order valence-electron chi connectivity index (χ3n) is 13.0. The Hall–Kier alpha value is -1.05. The zero-order chi connectivity index (χ0) is 42.6. The second-order valence-electron chi connectivity index (χ2n) is 18.2. The Morgan fingerprint density at radius 3 is 2.27 bits per heavy atom. The van der Waals surface area contributed by atoms with Gasteiger partial charge in [0.25, 0.3) is 0 Å². The van der Waals surface area contributed by atoms with Crippen LogP contribution in [0.25, 0.3) is 0 Å². The van der Waals surface area contributed by atoms with E-state index in [0.29, 0.717) is 19.5 Å². The maximum absolute atomic E-state index is 14.5. The first-order chi connectivity index (χ1) is 25.9. The molecule has 3 rings (SSSR count). The first-order valence-corrected chi connectivity index (χ1v) is 20.9. The van der Waals surface area contributed by atoms with Crippen molar-refractivity contribution < 1.29 is 58.7 Å². The minimum Gasteiger partial charge on any atom is -0.457 e. The predicted molar refractivity (Wildman–Crippen MR) is 212 cm³/mol. The number of aliphatic hydroxyl groups excluding tert-OH is 2. The number of nitrogens with one attached hydrogen (secondary N) is 2. The van der Waals surface area contributed by atoms with Crippen LogP contribution in [0.4, 0.5) is 0 Å². The molecule has 0 spiro atoms. The smallest absolute Gasteiger partial charge is 0.311 e. The molecule has 330 valence electrons. The maximum Gasteiger partial charge on any atom is 0.311 e. The highest BCUT2D eigenvalue weighted by Crippen LogP contribution is 2.43. The van der Waals surface area contributed by atoms with E-state index in [4.69, 9.17) is 28.4 Å². The number of hydrogen-bond acceptors (Lipinski definition) is 15. The van der Waals surface area contributed by atoms with Gasteiger partial charge in [-0.05, 0) is 107 Å². The van der Waals surface area contributed by atoms with Crippen molar-refractivity contribution in [3.63, 3.8) is 0 Å². The van der Waals surface area contributed by atoms with Gasteiger partial charge in [-0.3, -0.25) is 4.79 Å². The van der Waals surface area contributed by atoms with Crippen molar-refractivity contribution in [1.82, 2.24) is 15.5 Å². The quantitative estimate of drug-likeness (QED) is 0.105. The third-order valence-corrected chi connectivity index (χ3v) is 13.0. The van der Waals surface area contributed by atoms with Crippen LogP contribution in [0, 0.1) is 17.8 Å². The monoisotopic (exact) mass is 806 g/mol. The lowest BCUT2D eigenvalue weighted by molar-refractivity contribution is -0.336. The van der Waals surface area contributed by atoms with Gasteiger partial charge in [-0.2, -0.15) is 0 Å². The Kier molecular flexibility index (Phi) is 17.6. The van der Waals surface area contributed by atoms with Crippen LogP contribution in [-0.4, -0.2) is 167 Å². The second kappa shape index (κ2) is 20.0. The van der Waals surface area contributed by atoms with Gasteiger partial charge in [-0.25, -0.2) is 0 Å². The molecule has 0 aromatic carbocycles. The number of cyclic esters (lactones) is 1. The number of methoxy groups -OCH3 is 1. The molecule has 3 aliphatic rings. The molecular weight excluding hydrogens is 726 g/mol. The van der Waals surface area contributed by atoms with Gasteiger partial charge < -0.3 is 69.5 Å². The number of nitrogens with zero attached hydrogens (tertiary/aromatic N) is 1. The van der Waals surface area contributed by atoms with Crippen LogP contribution in [-0.2, 0) is 33.2 Å². The normalized spacial score (nSPS) is 45.2. The highest BCUT2D eigenvalue weighted by atomic mass is 16.7. The van der Waals surface area contributed by atoms with Crippen molar-refractivity contribution in [3.8, 4) is 0 Å². The molecule has 0 aliphatic carbocycles. The first-order valence-electron chi connectivity index (χ1n) is 20.9. The van der Waals surface area contributed by atoms with Crippen molar-refractivity contribution in [2.45, 2.75) is 198 Å². The number of ether oxygens (including phenoxy) is 6. The standard InChI is InChI=1S/C41H79N3O12/c1-15-17-42-22-41(50)28(8)53-31(20-39(41,10)51-14)54-33-25(5)34(56-37-32(46)29(44(12)13)18-24(4)52-37)38(9,48)19-23(3)21-43-27(7)35(55-36(47)26(33)6)40(11,49)30(45)16-2/h23-35,37,42-43,45-46,48-50H,15-22H2,1-14H3/t23-,24-,25+,26-,27-,28+,29+,30-,31?,32-,33+,34-,35?,37?,38+,39-,40-,41+/m1/s1. The van der Waals surface area contributed by atoms with Gasteiger partial charge in [-0.15, -0.1) is 0 Å². The van der Waals surface area contributed by atoms with Crippen LogP contribution in [0.15, 0.2) is 0 Å². The molecule has 0 aromatic heterocycles. The Balaban J connectivity index is 2.16. The largest absolute Gasteiger partial charge is 0.457 e. The minimum atomic E-state index is -1.81. The molecule has 3 heterocycles. The summed E-state index contributed by atoms with van der Waals surface area (Å²) in [5.74, 6) is -2.67. The van der Waals surface area contributed by atoms with E-state index in [1.54, 1.807) is 34.6 Å². The van der Waals surface area contributed by atoms with E-state index in [-0.39, 0.29) is 43.9 Å². The van der Waals surface area contributed by atoms with Gasteiger partial charge in [0, 0.05) is 38.1 Å². The number of aliphatic hydroxyl groups is 5. The Bertz CT molecular complexity index is 1230. The van der Waals surface area contributed by atoms with Crippen LogP contribution in [0.5, 0.6) is 0 Å². The molecule has 56 heavy (non-hydrogen) atoms. The van der Waals surface area contributed by atoms with Crippen molar-refractivity contribution in [3.05, 3.63) is 0 Å². The lowest BCUT2D eigenvalue weighted by atomic mass is 9.75. The molecule has 0 saturated carbocycles. The van der Waals surface area contributed by atoms with Crippen LogP contribution < -0.4 is 10.6 Å². The summed E-state index contributed by atoms with van der Waals surface area (Å²) in [6.07, 6.45) is -6.62. The summed E-state index contributed by atoms with van der Waals surface area (Å²) in [6, 6.07) is -0.875. The third kappa shape index (κ3) is 11.0. The summed E-state index contributed by atoms with van der Waals surface area (Å²) in [5.41, 5.74) is -5.93. The fraction of sp³-hybridized carbons (Fsp3) is 0.976. The van der Waals surface area contributed by atoms with Gasteiger partial charge in [0.05, 0.1) is 42.0 Å². The molecule has 3 saturated heterocycles. The summed E-state index contributed by atoms with van der Waals surface area (Å²) < 4.78 is 38.4. The fourth-order valence-corrected chi connectivity index (χ4v) is 9.21. The zero-order valence-electron chi connectivity index (χ0n) is 36.8. The fourth-order valence-electron chi connectivity index (χ4n) is 9.21. The number of hydrogen-bond donors (Lipinski definition) is 7. The van der Waals surface area contributed by atoms with Crippen LogP contribution in [0.1, 0.15) is 108 Å². The molecule has 0 aromatic rings. The highest BCUT2D eigenvalue weighted by molar-refractivity contribution is 5.73. The van der Waals surface area contributed by atoms with E-state index in [9.17, 15) is 30.3 Å². The average molecular weight is 806 g/mol. The molecule has 3 fully saturated rings. The van der Waals surface area contributed by atoms with Crippen molar-refractivity contribution in [2.24, 2.45) is 17.8 Å². The van der Waals surface area contributed by atoms with Gasteiger partial charge in [0.1, 0.15) is 29.0 Å². The minimum absolute atomic E-state index is 0.0928. The summed E-state index contributed by atoms with van der Waals surface area (Å²) in [5, 5.41) is 65.4. The molecule has 3 aliphatic heterocycles. The molecular formula is C41H79N3O12. The first kappa shape index (κ1) is 49.3. The van der Waals surface area contributed by atoms with Gasteiger partial charge >= 0.3 is 5.97 Å². The van der Waals surface area contributed by atoms with E-state index < -0.39 is 95.5 Å². The Labute approximate surface area is 336 Å². The Morgan fingerprint density at radius 2 is 1.70 bits per heavy atom. The van der Waals surface area contributed by atoms with E-state index >= 15 is 0 Å². The number of carbonyl (C=O) groups excluding carboxylic acids is 1. The molecule has 0 amide bonds. The maximum atomic E-state index is 14.5. The van der Waals surface area contributed by atoms with Gasteiger partial charge in [0.15, 0.2) is 12.6 Å². The van der Waals surface area contributed by atoms with Crippen molar-refractivity contribution in [2.75, 3.05) is 40.8 Å². The summed E-state index contributed by atoms with van der Waals surface area (Å²) in [6.45, 7) is 20.9. The lowest BCUT2D eigenvalue weighted by Crippen LogP contribution is -2.70. The second-order valence-corrected chi connectivity index (χ2v) is 18.2. The number of likely N-dealkylation sites (N-methyl/N-ethyl adjacent to an activating group) is 1. The van der Waals surface area contributed by atoms with E-state index in [1.807, 2.05) is 53.6 Å². The average Bonchev–Trinajstić information content (AvgIpc) is 3.12. The summed E-state index contributed by atoms with van der Waals surface area (Å²) in [7, 11) is 5.31. The van der Waals surface area contributed by atoms with Crippen molar-refractivity contribution >= 4 is 5.97 Å². The molecule has 15 nitrogen and oxygen atoms in total. The molecule has 0 bridgehead atoms. The van der Waals surface area contributed by atoms with E-state index in [1.165, 1.54) is 14.0 Å². The van der Waals surface area contributed by atoms with Gasteiger partial charge in [0.2, 0.25) is 0 Å². The molecule has 7 N–H and O–H groups in total. The highest BCUT2D eigenvalue weighted by Gasteiger charge is 2.58. The molecule has 15 heteroatoms. The topological polar surface area (TPSA) is 201 Å². The SMILES string of the molecule is CCCNC[C@]1(O)[C@H](C)OC(O[C@H]2[C@H](C)[C@@H](OC3O[C@H](C)C[C@H](N(C)C)[C@H]3O)[C@@](C)(O)C[C@@H](C)CN[C@H](C)C([C@](C)(O)[C@H](O)CC)OC(=O)[C@@H]2C)C[C@@]1(C)OC. The zero-order valence-corrected chi connectivity index (χ0v) is 36.8. The number of carbonyl (C=O) groups is 1. The Morgan fingerprint density at radius 1 is 1.05 bits per heavy atom.